The summed E-state index contributed by atoms with van der Waals surface area (Å²) in [5, 5.41) is 9.30. The number of likely N-dealkylation sites (tertiary alicyclic amines) is 1. The van der Waals surface area contributed by atoms with Gasteiger partial charge in [0.05, 0.1) is 6.10 Å². The van der Waals surface area contributed by atoms with Crippen molar-refractivity contribution in [2.75, 3.05) is 13.6 Å². The Hall–Kier alpha value is -0.0800. The summed E-state index contributed by atoms with van der Waals surface area (Å²) >= 11 is 0. The highest BCUT2D eigenvalue weighted by molar-refractivity contribution is 4.72. The predicted octanol–water partition coefficient (Wildman–Crippen LogP) is 1.88. The third-order valence-electron chi connectivity index (χ3n) is 2.49. The molecule has 0 radical (unpaired) electrons. The van der Waals surface area contributed by atoms with Crippen LogP contribution >= 0.6 is 0 Å². The molecule has 2 unspecified atom stereocenters. The lowest BCUT2D eigenvalue weighted by Gasteiger charge is -2.20. The van der Waals surface area contributed by atoms with E-state index in [-0.39, 0.29) is 6.10 Å². The van der Waals surface area contributed by atoms with Crippen molar-refractivity contribution in [3.8, 4) is 0 Å². The fourth-order valence-corrected chi connectivity index (χ4v) is 1.37. The monoisotopic (exact) mass is 173 g/mol. The number of nitrogens with zero attached hydrogens (tertiary/aromatic N) is 1. The van der Waals surface area contributed by atoms with E-state index in [0.717, 1.165) is 25.8 Å². The first-order chi connectivity index (χ1) is 5.70. The molecule has 1 rings (SSSR count). The summed E-state index contributed by atoms with van der Waals surface area (Å²) in [6, 6.07) is 0.650. The zero-order valence-corrected chi connectivity index (χ0v) is 8.88. The van der Waals surface area contributed by atoms with Gasteiger partial charge < -0.3 is 10.0 Å². The number of aliphatic hydroxyl groups excluding tert-OH is 1. The van der Waals surface area contributed by atoms with Gasteiger partial charge in [-0.2, -0.15) is 0 Å². The minimum Gasteiger partial charge on any atom is -0.393 e. The van der Waals surface area contributed by atoms with Crippen molar-refractivity contribution < 1.29 is 5.11 Å². The molecule has 0 aromatic heterocycles. The second kappa shape index (κ2) is 6.44. The Morgan fingerprint density at radius 1 is 1.17 bits per heavy atom. The van der Waals surface area contributed by atoms with Crippen LogP contribution in [0.2, 0.25) is 0 Å². The number of aliphatic hydroxyl groups is 1. The van der Waals surface area contributed by atoms with Crippen molar-refractivity contribution in [3.63, 3.8) is 0 Å². The summed E-state index contributed by atoms with van der Waals surface area (Å²) in [5.41, 5.74) is 0. The topological polar surface area (TPSA) is 23.5 Å². The number of hydrogen-bond donors (Lipinski definition) is 1. The van der Waals surface area contributed by atoms with E-state index in [0.29, 0.717) is 6.04 Å². The zero-order valence-electron chi connectivity index (χ0n) is 8.88. The van der Waals surface area contributed by atoms with Gasteiger partial charge in [-0.1, -0.05) is 13.8 Å². The van der Waals surface area contributed by atoms with Crippen LogP contribution in [-0.2, 0) is 0 Å². The molecule has 1 aliphatic rings. The molecule has 12 heavy (non-hydrogen) atoms. The molecule has 74 valence electrons. The maximum Gasteiger partial charge on any atom is 0.0553 e. The van der Waals surface area contributed by atoms with Gasteiger partial charge in [0, 0.05) is 12.6 Å². The Bertz CT molecular complexity index is 94.0. The molecular formula is C10H23NO. The molecule has 1 aliphatic heterocycles. The van der Waals surface area contributed by atoms with Crippen LogP contribution in [0.1, 0.15) is 40.0 Å². The molecule has 2 atom stereocenters. The van der Waals surface area contributed by atoms with Gasteiger partial charge in [0.1, 0.15) is 0 Å². The molecule has 2 nitrogen and oxygen atoms in total. The highest BCUT2D eigenvalue weighted by Gasteiger charge is 2.17. The number of rotatable bonds is 0. The second-order valence-electron chi connectivity index (χ2n) is 3.35. The van der Waals surface area contributed by atoms with Crippen LogP contribution in [0.15, 0.2) is 0 Å². The summed E-state index contributed by atoms with van der Waals surface area (Å²) in [7, 11) is 2.13. The quantitative estimate of drug-likeness (QED) is 0.604. The van der Waals surface area contributed by atoms with Crippen molar-refractivity contribution in [2.24, 2.45) is 0 Å². The zero-order chi connectivity index (χ0) is 9.56. The van der Waals surface area contributed by atoms with E-state index in [4.69, 9.17) is 0 Å². The molecule has 0 amide bonds. The highest BCUT2D eigenvalue weighted by atomic mass is 16.3. The Labute approximate surface area is 76.6 Å². The maximum absolute atomic E-state index is 9.30. The van der Waals surface area contributed by atoms with Crippen molar-refractivity contribution in [1.82, 2.24) is 4.90 Å². The minimum absolute atomic E-state index is 0.0487. The van der Waals surface area contributed by atoms with Gasteiger partial charge in [-0.3, -0.25) is 0 Å². The third-order valence-corrected chi connectivity index (χ3v) is 2.49. The molecule has 0 saturated carbocycles. The summed E-state index contributed by atoms with van der Waals surface area (Å²) in [4.78, 5) is 2.32. The van der Waals surface area contributed by atoms with E-state index < -0.39 is 0 Å². The lowest BCUT2D eigenvalue weighted by molar-refractivity contribution is 0.157. The molecular weight excluding hydrogens is 150 g/mol. The summed E-state index contributed by atoms with van der Waals surface area (Å²) in [6.07, 6.45) is 3.01. The summed E-state index contributed by atoms with van der Waals surface area (Å²) < 4.78 is 0. The van der Waals surface area contributed by atoms with Crippen molar-refractivity contribution in [1.29, 1.82) is 0 Å². The van der Waals surface area contributed by atoms with E-state index in [1.807, 2.05) is 13.8 Å². The molecule has 1 fully saturated rings. The molecule has 0 spiro atoms. The van der Waals surface area contributed by atoms with Gasteiger partial charge in [0.25, 0.3) is 0 Å². The smallest absolute Gasteiger partial charge is 0.0553 e. The average molecular weight is 173 g/mol. The first-order valence-corrected chi connectivity index (χ1v) is 5.08. The lowest BCUT2D eigenvalue weighted by atomic mass is 10.1. The molecule has 1 N–H and O–H groups in total. The Kier molecular flexibility index (Phi) is 6.39. The van der Waals surface area contributed by atoms with Gasteiger partial charge in [-0.25, -0.2) is 0 Å². The fourth-order valence-electron chi connectivity index (χ4n) is 1.37. The molecule has 0 aliphatic carbocycles. The summed E-state index contributed by atoms with van der Waals surface area (Å²) in [6.45, 7) is 7.26. The van der Waals surface area contributed by atoms with Crippen LogP contribution in [-0.4, -0.2) is 35.7 Å². The third kappa shape index (κ3) is 4.07. The molecule has 1 heterocycles. The first-order valence-electron chi connectivity index (χ1n) is 5.08. The van der Waals surface area contributed by atoms with Crippen molar-refractivity contribution in [2.45, 2.75) is 52.2 Å². The van der Waals surface area contributed by atoms with E-state index in [1.165, 1.54) is 0 Å². The molecule has 0 aromatic carbocycles. The standard InChI is InChI=1S/C8H17NO.C2H6/c1-7-3-4-8(10)5-6-9(7)2;1-2/h7-8,10H,3-6H2,1-2H3;1-2H3. The van der Waals surface area contributed by atoms with E-state index in [2.05, 4.69) is 18.9 Å². The van der Waals surface area contributed by atoms with Gasteiger partial charge in [-0.05, 0) is 33.2 Å². The summed E-state index contributed by atoms with van der Waals surface area (Å²) in [5.74, 6) is 0. The molecule has 0 aromatic rings. The van der Waals surface area contributed by atoms with E-state index in [1.54, 1.807) is 0 Å². The Morgan fingerprint density at radius 3 is 2.33 bits per heavy atom. The fraction of sp³-hybridized carbons (Fsp3) is 1.00. The second-order valence-corrected chi connectivity index (χ2v) is 3.35. The SMILES string of the molecule is CC.CC1CCC(O)CCN1C. The average Bonchev–Trinajstić information content (AvgIpc) is 2.24. The first kappa shape index (κ1) is 11.9. The van der Waals surface area contributed by atoms with Crippen molar-refractivity contribution in [3.05, 3.63) is 0 Å². The van der Waals surface area contributed by atoms with Crippen LogP contribution in [0.5, 0.6) is 0 Å². The maximum atomic E-state index is 9.30. The molecule has 1 saturated heterocycles. The molecule has 0 bridgehead atoms. The van der Waals surface area contributed by atoms with Crippen LogP contribution in [0.25, 0.3) is 0 Å². The number of hydrogen-bond acceptors (Lipinski definition) is 2. The van der Waals surface area contributed by atoms with E-state index >= 15 is 0 Å². The largest absolute Gasteiger partial charge is 0.393 e. The minimum atomic E-state index is -0.0487. The van der Waals surface area contributed by atoms with Gasteiger partial charge in [0.2, 0.25) is 0 Å². The van der Waals surface area contributed by atoms with Crippen LogP contribution in [0.4, 0.5) is 0 Å². The lowest BCUT2D eigenvalue weighted by Crippen LogP contribution is -2.28. The van der Waals surface area contributed by atoms with Gasteiger partial charge in [-0.15, -0.1) is 0 Å². The Balaban J connectivity index is 0.000000561. The van der Waals surface area contributed by atoms with Crippen LogP contribution < -0.4 is 0 Å². The molecule has 2 heteroatoms. The highest BCUT2D eigenvalue weighted by Crippen LogP contribution is 2.14. The van der Waals surface area contributed by atoms with Gasteiger partial charge >= 0.3 is 0 Å². The Morgan fingerprint density at radius 2 is 1.75 bits per heavy atom. The van der Waals surface area contributed by atoms with Gasteiger partial charge in [0.15, 0.2) is 0 Å². The van der Waals surface area contributed by atoms with Crippen LogP contribution in [0.3, 0.4) is 0 Å². The van der Waals surface area contributed by atoms with Crippen LogP contribution in [0, 0.1) is 0 Å². The predicted molar refractivity (Wildman–Crippen MR) is 53.3 cm³/mol. The van der Waals surface area contributed by atoms with E-state index in [9.17, 15) is 5.11 Å². The van der Waals surface area contributed by atoms with Crippen molar-refractivity contribution >= 4 is 0 Å². The normalized spacial score (nSPS) is 31.8.